The molecule has 0 unspecified atom stereocenters. The molecule has 1 aromatic heterocycles. The van der Waals surface area contributed by atoms with Gasteiger partial charge in [-0.25, -0.2) is 0 Å². The lowest BCUT2D eigenvalue weighted by molar-refractivity contribution is -0.134. The standard InChI is InChI=1S/C18H27N3O2S/c1-14(22)21-9-3-8-20(12-15-6-11-24-13-15)10-7-19-18(23)16-4-2-5-17(16)21/h6,11,13,16-17H,2-5,7-10,12H2,1H3,(H,19,23)/t16-,17+/m1/s1. The van der Waals surface area contributed by atoms with E-state index in [1.54, 1.807) is 18.3 Å². The van der Waals surface area contributed by atoms with Crippen molar-refractivity contribution in [3.05, 3.63) is 22.4 Å². The Kier molecular flexibility index (Phi) is 5.89. The lowest BCUT2D eigenvalue weighted by Crippen LogP contribution is -2.46. The summed E-state index contributed by atoms with van der Waals surface area (Å²) in [5, 5.41) is 7.38. The van der Waals surface area contributed by atoms with Gasteiger partial charge in [0.25, 0.3) is 0 Å². The van der Waals surface area contributed by atoms with Crippen molar-refractivity contribution in [2.24, 2.45) is 5.92 Å². The summed E-state index contributed by atoms with van der Waals surface area (Å²) >= 11 is 1.71. The van der Waals surface area contributed by atoms with Gasteiger partial charge in [-0.15, -0.1) is 0 Å². The van der Waals surface area contributed by atoms with Crippen LogP contribution in [0.1, 0.15) is 38.2 Å². The molecular weight excluding hydrogens is 322 g/mol. The Bertz CT molecular complexity index is 561. The van der Waals surface area contributed by atoms with Crippen molar-refractivity contribution in [2.45, 2.75) is 45.2 Å². The number of hydrogen-bond donors (Lipinski definition) is 1. The van der Waals surface area contributed by atoms with Gasteiger partial charge < -0.3 is 10.2 Å². The summed E-state index contributed by atoms with van der Waals surface area (Å²) < 4.78 is 0. The van der Waals surface area contributed by atoms with E-state index < -0.39 is 0 Å². The minimum Gasteiger partial charge on any atom is -0.355 e. The van der Waals surface area contributed by atoms with Gasteiger partial charge in [0, 0.05) is 45.7 Å². The predicted molar refractivity (Wildman–Crippen MR) is 95.7 cm³/mol. The van der Waals surface area contributed by atoms with Gasteiger partial charge in [0.15, 0.2) is 0 Å². The van der Waals surface area contributed by atoms with E-state index in [2.05, 4.69) is 27.0 Å². The van der Waals surface area contributed by atoms with Crippen molar-refractivity contribution in [3.8, 4) is 0 Å². The van der Waals surface area contributed by atoms with E-state index in [4.69, 9.17) is 0 Å². The normalized spacial score (nSPS) is 26.5. The number of rotatable bonds is 2. The monoisotopic (exact) mass is 349 g/mol. The summed E-state index contributed by atoms with van der Waals surface area (Å²) in [6.07, 6.45) is 3.85. The van der Waals surface area contributed by atoms with Gasteiger partial charge in [0.1, 0.15) is 0 Å². The highest BCUT2D eigenvalue weighted by atomic mass is 32.1. The fourth-order valence-electron chi connectivity index (χ4n) is 4.02. The summed E-state index contributed by atoms with van der Waals surface area (Å²) in [6.45, 7) is 5.80. The minimum atomic E-state index is -0.0303. The third-order valence-corrected chi connectivity index (χ3v) is 5.94. The van der Waals surface area contributed by atoms with E-state index in [1.165, 1.54) is 5.56 Å². The maximum Gasteiger partial charge on any atom is 0.225 e. The number of carbonyl (C=O) groups is 2. The van der Waals surface area contributed by atoms with Crippen molar-refractivity contribution < 1.29 is 9.59 Å². The van der Waals surface area contributed by atoms with E-state index in [1.807, 2.05) is 4.90 Å². The highest BCUT2D eigenvalue weighted by Gasteiger charge is 2.37. The zero-order chi connectivity index (χ0) is 16.9. The third kappa shape index (κ3) is 4.16. The average molecular weight is 350 g/mol. The first-order chi connectivity index (χ1) is 11.6. The van der Waals surface area contributed by atoms with Crippen LogP contribution in [0.3, 0.4) is 0 Å². The predicted octanol–water partition coefficient (Wildman–Crippen LogP) is 2.09. The molecule has 24 heavy (non-hydrogen) atoms. The van der Waals surface area contributed by atoms with Crippen molar-refractivity contribution in [1.82, 2.24) is 15.1 Å². The van der Waals surface area contributed by atoms with Crippen LogP contribution in [0.4, 0.5) is 0 Å². The molecule has 0 spiro atoms. The molecule has 1 saturated carbocycles. The van der Waals surface area contributed by atoms with Crippen LogP contribution in [0.15, 0.2) is 16.8 Å². The topological polar surface area (TPSA) is 52.7 Å². The summed E-state index contributed by atoms with van der Waals surface area (Å²) in [7, 11) is 0. The first-order valence-electron chi connectivity index (χ1n) is 8.93. The summed E-state index contributed by atoms with van der Waals surface area (Å²) in [5.74, 6) is 0.196. The zero-order valence-electron chi connectivity index (χ0n) is 14.4. The lowest BCUT2D eigenvalue weighted by Gasteiger charge is -2.31. The Balaban J connectivity index is 1.69. The molecule has 132 valence electrons. The van der Waals surface area contributed by atoms with Crippen molar-refractivity contribution >= 4 is 23.2 Å². The Morgan fingerprint density at radius 3 is 2.92 bits per heavy atom. The molecule has 1 aromatic rings. The first-order valence-corrected chi connectivity index (χ1v) is 9.88. The van der Waals surface area contributed by atoms with Crippen LogP contribution in [-0.4, -0.2) is 53.8 Å². The SMILES string of the molecule is CC(=O)N1CCCN(Cc2ccsc2)CCNC(=O)[C@@H]2CCC[C@@H]21. The molecule has 1 aliphatic heterocycles. The van der Waals surface area contributed by atoms with Gasteiger partial charge in [0.2, 0.25) is 11.8 Å². The first kappa shape index (κ1) is 17.4. The Morgan fingerprint density at radius 1 is 1.29 bits per heavy atom. The van der Waals surface area contributed by atoms with E-state index in [0.717, 1.165) is 51.9 Å². The molecule has 0 aromatic carbocycles. The van der Waals surface area contributed by atoms with Crippen LogP contribution in [0.2, 0.25) is 0 Å². The molecule has 2 heterocycles. The van der Waals surface area contributed by atoms with E-state index >= 15 is 0 Å². The lowest BCUT2D eigenvalue weighted by atomic mass is 10.0. The van der Waals surface area contributed by atoms with Crippen LogP contribution in [-0.2, 0) is 16.1 Å². The number of fused-ring (bicyclic) bond motifs is 1. The number of nitrogens with one attached hydrogen (secondary N) is 1. The molecule has 6 heteroatoms. The number of carbonyl (C=O) groups excluding carboxylic acids is 2. The molecule has 2 atom stereocenters. The van der Waals surface area contributed by atoms with Gasteiger partial charge in [-0.2, -0.15) is 11.3 Å². The fraction of sp³-hybridized carbons (Fsp3) is 0.667. The van der Waals surface area contributed by atoms with Gasteiger partial charge in [-0.1, -0.05) is 6.42 Å². The van der Waals surface area contributed by atoms with E-state index in [-0.39, 0.29) is 23.8 Å². The van der Waals surface area contributed by atoms with Gasteiger partial charge >= 0.3 is 0 Å². The molecule has 5 nitrogen and oxygen atoms in total. The van der Waals surface area contributed by atoms with Crippen molar-refractivity contribution in [1.29, 1.82) is 0 Å². The molecule has 2 aliphatic rings. The van der Waals surface area contributed by atoms with Crippen LogP contribution in [0.25, 0.3) is 0 Å². The molecule has 1 saturated heterocycles. The molecule has 0 radical (unpaired) electrons. The maximum atomic E-state index is 12.6. The summed E-state index contributed by atoms with van der Waals surface area (Å²) in [6, 6.07) is 2.24. The molecule has 1 aliphatic carbocycles. The number of hydrogen-bond acceptors (Lipinski definition) is 4. The second-order valence-electron chi connectivity index (χ2n) is 6.87. The number of amides is 2. The molecule has 2 amide bonds. The quantitative estimate of drug-likeness (QED) is 0.889. The van der Waals surface area contributed by atoms with Crippen LogP contribution in [0.5, 0.6) is 0 Å². The average Bonchev–Trinajstić information content (AvgIpc) is 3.21. The van der Waals surface area contributed by atoms with Crippen molar-refractivity contribution in [3.63, 3.8) is 0 Å². The Labute approximate surface area is 148 Å². The zero-order valence-corrected chi connectivity index (χ0v) is 15.2. The highest BCUT2D eigenvalue weighted by Crippen LogP contribution is 2.30. The van der Waals surface area contributed by atoms with Gasteiger partial charge in [-0.3, -0.25) is 14.5 Å². The fourth-order valence-corrected chi connectivity index (χ4v) is 4.68. The van der Waals surface area contributed by atoms with Crippen LogP contribution >= 0.6 is 11.3 Å². The largest absolute Gasteiger partial charge is 0.355 e. The number of nitrogens with zero attached hydrogens (tertiary/aromatic N) is 2. The van der Waals surface area contributed by atoms with Crippen LogP contribution in [0, 0.1) is 5.92 Å². The second-order valence-corrected chi connectivity index (χ2v) is 7.65. The van der Waals surface area contributed by atoms with E-state index in [9.17, 15) is 9.59 Å². The second kappa shape index (κ2) is 8.12. The molecular formula is C18H27N3O2S. The summed E-state index contributed by atoms with van der Waals surface area (Å²) in [5.41, 5.74) is 1.32. The van der Waals surface area contributed by atoms with Gasteiger partial charge in [-0.05, 0) is 41.7 Å². The molecule has 1 N–H and O–H groups in total. The third-order valence-electron chi connectivity index (χ3n) is 5.21. The number of thiophene rings is 1. The van der Waals surface area contributed by atoms with E-state index in [0.29, 0.717) is 6.54 Å². The highest BCUT2D eigenvalue weighted by molar-refractivity contribution is 7.07. The molecule has 3 rings (SSSR count). The van der Waals surface area contributed by atoms with Crippen LogP contribution < -0.4 is 5.32 Å². The molecule has 0 bridgehead atoms. The smallest absolute Gasteiger partial charge is 0.225 e. The van der Waals surface area contributed by atoms with Gasteiger partial charge in [0.05, 0.1) is 5.92 Å². The maximum absolute atomic E-state index is 12.6. The molecule has 2 fully saturated rings. The Morgan fingerprint density at radius 2 is 2.17 bits per heavy atom. The summed E-state index contributed by atoms with van der Waals surface area (Å²) in [4.78, 5) is 29.0. The van der Waals surface area contributed by atoms with Crippen molar-refractivity contribution in [2.75, 3.05) is 26.2 Å². The minimum absolute atomic E-state index is 0.0303. The Hall–Kier alpha value is -1.40.